The number of rotatable bonds is 6. The second-order valence-corrected chi connectivity index (χ2v) is 5.44. The van der Waals surface area contributed by atoms with Crippen LogP contribution >= 0.6 is 0 Å². The van der Waals surface area contributed by atoms with Gasteiger partial charge in [-0.15, -0.1) is 0 Å². The standard InChI is InChI=1S/C15H24N4/c1-3-15(11-16,17-2)9-6-10-19-12-18-13-7-4-5-8-14(13)19/h12,17H,3-10H2,1-2H3. The van der Waals surface area contributed by atoms with Crippen molar-refractivity contribution in [2.45, 2.75) is 64.0 Å². The van der Waals surface area contributed by atoms with E-state index in [2.05, 4.69) is 27.9 Å². The molecular formula is C15H24N4. The first kappa shape index (κ1) is 14.1. The summed E-state index contributed by atoms with van der Waals surface area (Å²) in [5.41, 5.74) is 2.36. The highest BCUT2D eigenvalue weighted by molar-refractivity contribution is 5.16. The molecular weight excluding hydrogens is 236 g/mol. The van der Waals surface area contributed by atoms with Gasteiger partial charge in [0.25, 0.3) is 0 Å². The molecule has 19 heavy (non-hydrogen) atoms. The highest BCUT2D eigenvalue weighted by Crippen LogP contribution is 2.21. The summed E-state index contributed by atoms with van der Waals surface area (Å²) in [5.74, 6) is 0. The number of nitrogens with one attached hydrogen (secondary N) is 1. The number of fused-ring (bicyclic) bond motifs is 1. The average Bonchev–Trinajstić information content (AvgIpc) is 2.88. The molecule has 4 nitrogen and oxygen atoms in total. The number of aryl methyl sites for hydroxylation is 2. The van der Waals surface area contributed by atoms with Crippen molar-refractivity contribution >= 4 is 0 Å². The van der Waals surface area contributed by atoms with E-state index in [0.717, 1.165) is 32.2 Å². The zero-order valence-electron chi connectivity index (χ0n) is 12.1. The van der Waals surface area contributed by atoms with Crippen molar-refractivity contribution < 1.29 is 0 Å². The Morgan fingerprint density at radius 3 is 2.95 bits per heavy atom. The summed E-state index contributed by atoms with van der Waals surface area (Å²) in [6.45, 7) is 3.05. The zero-order valence-corrected chi connectivity index (χ0v) is 12.1. The maximum absolute atomic E-state index is 9.29. The van der Waals surface area contributed by atoms with Crippen LogP contribution in [0.3, 0.4) is 0 Å². The summed E-state index contributed by atoms with van der Waals surface area (Å²) in [6.07, 6.45) is 9.60. The van der Waals surface area contributed by atoms with Crippen LogP contribution < -0.4 is 5.32 Å². The summed E-state index contributed by atoms with van der Waals surface area (Å²) in [6, 6.07) is 2.42. The second-order valence-electron chi connectivity index (χ2n) is 5.44. The highest BCUT2D eigenvalue weighted by atomic mass is 15.1. The van der Waals surface area contributed by atoms with Crippen molar-refractivity contribution in [3.63, 3.8) is 0 Å². The third kappa shape index (κ3) is 2.98. The van der Waals surface area contributed by atoms with Crippen molar-refractivity contribution in [2.24, 2.45) is 0 Å². The molecule has 0 bridgehead atoms. The summed E-state index contributed by atoms with van der Waals surface area (Å²) >= 11 is 0. The predicted octanol–water partition coefficient (Wildman–Crippen LogP) is 2.43. The highest BCUT2D eigenvalue weighted by Gasteiger charge is 2.25. The Hall–Kier alpha value is -1.34. The molecule has 1 aromatic rings. The van der Waals surface area contributed by atoms with Crippen LogP contribution in [0.15, 0.2) is 6.33 Å². The first-order valence-electron chi connectivity index (χ1n) is 7.37. The van der Waals surface area contributed by atoms with Crippen LogP contribution in [0.25, 0.3) is 0 Å². The van der Waals surface area contributed by atoms with Gasteiger partial charge in [0.1, 0.15) is 5.54 Å². The molecule has 0 fully saturated rings. The average molecular weight is 260 g/mol. The Bertz CT molecular complexity index is 451. The quantitative estimate of drug-likeness (QED) is 0.854. The lowest BCUT2D eigenvalue weighted by molar-refractivity contribution is 0.378. The zero-order chi connectivity index (χ0) is 13.7. The first-order chi connectivity index (χ1) is 9.24. The third-order valence-corrected chi connectivity index (χ3v) is 4.41. The number of nitrogens with zero attached hydrogens (tertiary/aromatic N) is 3. The van der Waals surface area contributed by atoms with Gasteiger partial charge >= 0.3 is 0 Å². The Morgan fingerprint density at radius 2 is 2.26 bits per heavy atom. The molecule has 2 rings (SSSR count). The van der Waals surface area contributed by atoms with Gasteiger partial charge in [0.15, 0.2) is 0 Å². The van der Waals surface area contributed by atoms with E-state index in [4.69, 9.17) is 0 Å². The molecule has 104 valence electrons. The maximum Gasteiger partial charge on any atom is 0.106 e. The number of imidazole rings is 1. The van der Waals surface area contributed by atoms with E-state index in [-0.39, 0.29) is 5.54 Å². The smallest absolute Gasteiger partial charge is 0.106 e. The van der Waals surface area contributed by atoms with Gasteiger partial charge in [0.05, 0.1) is 18.1 Å². The molecule has 0 spiro atoms. The molecule has 0 aliphatic heterocycles. The summed E-state index contributed by atoms with van der Waals surface area (Å²) < 4.78 is 2.29. The van der Waals surface area contributed by atoms with Gasteiger partial charge in [-0.2, -0.15) is 5.26 Å². The fourth-order valence-electron chi connectivity index (χ4n) is 2.94. The predicted molar refractivity (Wildman–Crippen MR) is 75.8 cm³/mol. The Morgan fingerprint density at radius 1 is 1.47 bits per heavy atom. The molecule has 0 amide bonds. The lowest BCUT2D eigenvalue weighted by Crippen LogP contribution is -2.40. The molecule has 0 aromatic carbocycles. The number of nitriles is 1. The van der Waals surface area contributed by atoms with Crippen LogP contribution in [0, 0.1) is 11.3 Å². The van der Waals surface area contributed by atoms with E-state index in [9.17, 15) is 5.26 Å². The minimum Gasteiger partial charge on any atom is -0.334 e. The summed E-state index contributed by atoms with van der Waals surface area (Å²) in [4.78, 5) is 4.51. The van der Waals surface area contributed by atoms with E-state index < -0.39 is 0 Å². The lowest BCUT2D eigenvalue weighted by atomic mass is 9.92. The topological polar surface area (TPSA) is 53.6 Å². The molecule has 4 heteroatoms. The minimum absolute atomic E-state index is 0.360. The maximum atomic E-state index is 9.29. The van der Waals surface area contributed by atoms with Crippen LogP contribution in [-0.4, -0.2) is 22.1 Å². The van der Waals surface area contributed by atoms with Gasteiger partial charge in [-0.3, -0.25) is 0 Å². The first-order valence-corrected chi connectivity index (χ1v) is 7.37. The van der Waals surface area contributed by atoms with Gasteiger partial charge in [-0.05, 0) is 52.0 Å². The molecule has 1 aliphatic carbocycles. The minimum atomic E-state index is -0.360. The Kier molecular flexibility index (Phi) is 4.60. The second kappa shape index (κ2) is 6.21. The molecule has 1 aromatic heterocycles. The normalized spacial score (nSPS) is 17.5. The van der Waals surface area contributed by atoms with Crippen molar-refractivity contribution in [3.05, 3.63) is 17.7 Å². The Balaban J connectivity index is 1.93. The van der Waals surface area contributed by atoms with Crippen molar-refractivity contribution in [3.8, 4) is 6.07 Å². The lowest BCUT2D eigenvalue weighted by Gasteiger charge is -2.24. The monoisotopic (exact) mass is 260 g/mol. The molecule has 0 radical (unpaired) electrons. The van der Waals surface area contributed by atoms with Crippen molar-refractivity contribution in [1.29, 1.82) is 5.26 Å². The summed E-state index contributed by atoms with van der Waals surface area (Å²) in [7, 11) is 1.88. The molecule has 1 heterocycles. The molecule has 1 N–H and O–H groups in total. The van der Waals surface area contributed by atoms with Crippen LogP contribution in [0.1, 0.15) is 50.4 Å². The van der Waals surface area contributed by atoms with E-state index >= 15 is 0 Å². The molecule has 1 aliphatic rings. The Labute approximate surface area is 115 Å². The van der Waals surface area contributed by atoms with E-state index in [1.807, 2.05) is 13.4 Å². The molecule has 0 saturated heterocycles. The van der Waals surface area contributed by atoms with Gasteiger partial charge in [0.2, 0.25) is 0 Å². The van der Waals surface area contributed by atoms with Crippen LogP contribution in [0.4, 0.5) is 0 Å². The van der Waals surface area contributed by atoms with E-state index in [0.29, 0.717) is 0 Å². The third-order valence-electron chi connectivity index (χ3n) is 4.41. The fourth-order valence-corrected chi connectivity index (χ4v) is 2.94. The van der Waals surface area contributed by atoms with Gasteiger partial charge < -0.3 is 9.88 Å². The van der Waals surface area contributed by atoms with Crippen LogP contribution in [-0.2, 0) is 19.4 Å². The summed E-state index contributed by atoms with van der Waals surface area (Å²) in [5, 5.41) is 12.5. The van der Waals surface area contributed by atoms with E-state index in [1.165, 1.54) is 30.7 Å². The van der Waals surface area contributed by atoms with Gasteiger partial charge in [0, 0.05) is 12.2 Å². The van der Waals surface area contributed by atoms with Gasteiger partial charge in [-0.25, -0.2) is 4.98 Å². The van der Waals surface area contributed by atoms with E-state index in [1.54, 1.807) is 0 Å². The number of hydrogen-bond donors (Lipinski definition) is 1. The van der Waals surface area contributed by atoms with Crippen molar-refractivity contribution in [1.82, 2.24) is 14.9 Å². The fraction of sp³-hybridized carbons (Fsp3) is 0.733. The number of hydrogen-bond acceptors (Lipinski definition) is 3. The largest absolute Gasteiger partial charge is 0.334 e. The molecule has 1 atom stereocenters. The molecule has 1 unspecified atom stereocenters. The number of aromatic nitrogens is 2. The van der Waals surface area contributed by atoms with Gasteiger partial charge in [-0.1, -0.05) is 6.92 Å². The van der Waals surface area contributed by atoms with Crippen LogP contribution in [0.2, 0.25) is 0 Å². The van der Waals surface area contributed by atoms with Crippen molar-refractivity contribution in [2.75, 3.05) is 7.05 Å². The van der Waals surface area contributed by atoms with Crippen LogP contribution in [0.5, 0.6) is 0 Å². The molecule has 0 saturated carbocycles. The SMILES string of the molecule is CCC(C#N)(CCCn1cnc2c1CCCC2)NC.